The molecule has 8 nitrogen and oxygen atoms in total. The Balaban J connectivity index is 2.48. The predicted octanol–water partition coefficient (Wildman–Crippen LogP) is 0.0467. The number of hydrogen-bond acceptors (Lipinski definition) is 7. The van der Waals surface area contributed by atoms with Crippen LogP contribution in [0.25, 0.3) is 5.82 Å². The number of aromatic nitrogens is 4. The molecule has 19 heavy (non-hydrogen) atoms. The van der Waals surface area contributed by atoms with E-state index in [-0.39, 0.29) is 22.3 Å². The van der Waals surface area contributed by atoms with E-state index in [9.17, 15) is 8.42 Å². The topological polar surface area (TPSA) is 113 Å². The molecule has 0 atom stereocenters. The molecule has 0 unspecified atom stereocenters. The minimum Gasteiger partial charge on any atom is -0.476 e. The van der Waals surface area contributed by atoms with Crippen molar-refractivity contribution in [1.29, 1.82) is 0 Å². The minimum atomic E-state index is -3.32. The van der Waals surface area contributed by atoms with E-state index in [2.05, 4.69) is 15.1 Å². The Morgan fingerprint density at radius 1 is 1.42 bits per heavy atom. The normalized spacial score (nSPS) is 11.5. The molecule has 2 aromatic rings. The fourth-order valence-electron chi connectivity index (χ4n) is 1.42. The van der Waals surface area contributed by atoms with E-state index in [0.29, 0.717) is 6.61 Å². The van der Waals surface area contributed by atoms with Gasteiger partial charge in [0.2, 0.25) is 5.88 Å². The number of sulfone groups is 1. The maximum Gasteiger partial charge on any atom is 0.242 e. The van der Waals surface area contributed by atoms with Gasteiger partial charge in [0.15, 0.2) is 15.7 Å². The Hall–Kier alpha value is -2.16. The maximum absolute atomic E-state index is 11.4. The third-order valence-electron chi connectivity index (χ3n) is 2.31. The molecule has 0 bridgehead atoms. The lowest BCUT2D eigenvalue weighted by atomic mass is 10.4. The van der Waals surface area contributed by atoms with E-state index in [1.807, 2.05) is 0 Å². The van der Waals surface area contributed by atoms with E-state index in [4.69, 9.17) is 10.5 Å². The maximum atomic E-state index is 11.4. The molecule has 0 saturated heterocycles. The van der Waals surface area contributed by atoms with Gasteiger partial charge in [0.25, 0.3) is 0 Å². The summed E-state index contributed by atoms with van der Waals surface area (Å²) in [5.41, 5.74) is 6.06. The molecule has 0 saturated carbocycles. The van der Waals surface area contributed by atoms with E-state index in [1.165, 1.54) is 23.4 Å². The van der Waals surface area contributed by atoms with Crippen molar-refractivity contribution in [3.63, 3.8) is 0 Å². The number of nitrogens with two attached hydrogens (primary N) is 1. The summed E-state index contributed by atoms with van der Waals surface area (Å²) in [6, 6.07) is 0. The molecule has 102 valence electrons. The first-order valence-electron chi connectivity index (χ1n) is 5.42. The summed E-state index contributed by atoms with van der Waals surface area (Å²) >= 11 is 0. The average molecular weight is 283 g/mol. The standard InChI is InChI=1S/C10H13N5O3S/c1-3-18-10-8(11)9(12-6-13-10)15-5-7(4-14-15)19(2,16)17/h4-6H,3,11H2,1-2H3. The highest BCUT2D eigenvalue weighted by molar-refractivity contribution is 7.90. The summed E-state index contributed by atoms with van der Waals surface area (Å²) in [6.07, 6.45) is 4.95. The van der Waals surface area contributed by atoms with E-state index in [0.717, 1.165) is 6.26 Å². The third-order valence-corrected chi connectivity index (χ3v) is 3.38. The molecule has 0 aliphatic rings. The second-order valence-corrected chi connectivity index (χ2v) is 5.76. The number of nitrogens with zero attached hydrogens (tertiary/aromatic N) is 4. The number of rotatable bonds is 4. The molecule has 0 aliphatic heterocycles. The Labute approximate surface area is 110 Å². The van der Waals surface area contributed by atoms with Crippen molar-refractivity contribution >= 4 is 15.5 Å². The molecule has 0 fully saturated rings. The highest BCUT2D eigenvalue weighted by Crippen LogP contribution is 2.23. The largest absolute Gasteiger partial charge is 0.476 e. The summed E-state index contributed by atoms with van der Waals surface area (Å²) in [5.74, 6) is 0.511. The van der Waals surface area contributed by atoms with Gasteiger partial charge in [0.05, 0.1) is 19.0 Å². The van der Waals surface area contributed by atoms with Gasteiger partial charge in [-0.3, -0.25) is 0 Å². The lowest BCUT2D eigenvalue weighted by molar-refractivity contribution is 0.328. The van der Waals surface area contributed by atoms with Crippen molar-refractivity contribution < 1.29 is 13.2 Å². The number of anilines is 1. The van der Waals surface area contributed by atoms with Crippen LogP contribution in [0.2, 0.25) is 0 Å². The van der Waals surface area contributed by atoms with Gasteiger partial charge in [0.1, 0.15) is 16.9 Å². The molecule has 9 heteroatoms. The van der Waals surface area contributed by atoms with Gasteiger partial charge < -0.3 is 10.5 Å². The van der Waals surface area contributed by atoms with Crippen LogP contribution in [-0.4, -0.2) is 41.0 Å². The van der Waals surface area contributed by atoms with Gasteiger partial charge in [-0.2, -0.15) is 10.1 Å². The molecule has 0 amide bonds. The van der Waals surface area contributed by atoms with Crippen molar-refractivity contribution in [2.45, 2.75) is 11.8 Å². The minimum absolute atomic E-state index is 0.0865. The van der Waals surface area contributed by atoms with Crippen LogP contribution in [0.15, 0.2) is 23.6 Å². The van der Waals surface area contributed by atoms with Crippen molar-refractivity contribution in [2.24, 2.45) is 0 Å². The molecule has 0 aliphatic carbocycles. The second-order valence-electron chi connectivity index (χ2n) is 3.74. The highest BCUT2D eigenvalue weighted by atomic mass is 32.2. The Kier molecular flexibility index (Phi) is 3.38. The van der Waals surface area contributed by atoms with Crippen molar-refractivity contribution in [3.05, 3.63) is 18.7 Å². The van der Waals surface area contributed by atoms with Crippen LogP contribution < -0.4 is 10.5 Å². The molecule has 2 aromatic heterocycles. The van der Waals surface area contributed by atoms with Gasteiger partial charge in [-0.1, -0.05) is 0 Å². The smallest absolute Gasteiger partial charge is 0.242 e. The van der Waals surface area contributed by atoms with Crippen LogP contribution >= 0.6 is 0 Å². The van der Waals surface area contributed by atoms with Crippen LogP contribution in [0.3, 0.4) is 0 Å². The number of ether oxygens (including phenoxy) is 1. The van der Waals surface area contributed by atoms with E-state index >= 15 is 0 Å². The van der Waals surface area contributed by atoms with Gasteiger partial charge in [0, 0.05) is 6.26 Å². The first-order valence-corrected chi connectivity index (χ1v) is 7.31. The Morgan fingerprint density at radius 2 is 2.16 bits per heavy atom. The first kappa shape index (κ1) is 13.3. The summed E-state index contributed by atoms with van der Waals surface area (Å²) in [5, 5.41) is 3.93. The van der Waals surface area contributed by atoms with Gasteiger partial charge in [-0.15, -0.1) is 0 Å². The van der Waals surface area contributed by atoms with Crippen LogP contribution in [0, 0.1) is 0 Å². The summed E-state index contributed by atoms with van der Waals surface area (Å²) in [6.45, 7) is 2.21. The fraction of sp³-hybridized carbons (Fsp3) is 0.300. The number of hydrogen-bond donors (Lipinski definition) is 1. The lowest BCUT2D eigenvalue weighted by Gasteiger charge is -2.08. The van der Waals surface area contributed by atoms with E-state index in [1.54, 1.807) is 6.92 Å². The third kappa shape index (κ3) is 2.65. The molecule has 0 spiro atoms. The zero-order valence-electron chi connectivity index (χ0n) is 10.4. The van der Waals surface area contributed by atoms with Crippen molar-refractivity contribution in [2.75, 3.05) is 18.6 Å². The summed E-state index contributed by atoms with van der Waals surface area (Å²) < 4.78 is 29.3. The average Bonchev–Trinajstić information content (AvgIpc) is 2.81. The first-order chi connectivity index (χ1) is 8.93. The van der Waals surface area contributed by atoms with Crippen LogP contribution in [-0.2, 0) is 9.84 Å². The molecule has 2 heterocycles. The molecule has 0 radical (unpaired) electrons. The predicted molar refractivity (Wildman–Crippen MR) is 67.8 cm³/mol. The monoisotopic (exact) mass is 283 g/mol. The van der Waals surface area contributed by atoms with Crippen molar-refractivity contribution in [3.8, 4) is 11.7 Å². The van der Waals surface area contributed by atoms with E-state index < -0.39 is 9.84 Å². The quantitative estimate of drug-likeness (QED) is 0.843. The van der Waals surface area contributed by atoms with Crippen LogP contribution in [0.5, 0.6) is 5.88 Å². The summed E-state index contributed by atoms with van der Waals surface area (Å²) in [7, 11) is -3.32. The zero-order valence-corrected chi connectivity index (χ0v) is 11.3. The Morgan fingerprint density at radius 3 is 2.74 bits per heavy atom. The van der Waals surface area contributed by atoms with Gasteiger partial charge in [-0.25, -0.2) is 18.1 Å². The van der Waals surface area contributed by atoms with Gasteiger partial charge in [-0.05, 0) is 6.92 Å². The fourth-order valence-corrected chi connectivity index (χ4v) is 1.95. The molecule has 2 rings (SSSR count). The molecule has 0 aromatic carbocycles. The number of nitrogen functional groups attached to an aromatic ring is 1. The van der Waals surface area contributed by atoms with Crippen LogP contribution in [0.1, 0.15) is 6.92 Å². The zero-order chi connectivity index (χ0) is 14.0. The SMILES string of the molecule is CCOc1ncnc(-n2cc(S(C)(=O)=O)cn2)c1N. The molecule has 2 N–H and O–H groups in total. The summed E-state index contributed by atoms with van der Waals surface area (Å²) in [4.78, 5) is 7.95. The lowest BCUT2D eigenvalue weighted by Crippen LogP contribution is -2.07. The molecular formula is C10H13N5O3S. The van der Waals surface area contributed by atoms with Gasteiger partial charge >= 0.3 is 0 Å². The Bertz CT molecular complexity index is 695. The van der Waals surface area contributed by atoms with Crippen LogP contribution in [0.4, 0.5) is 5.69 Å². The van der Waals surface area contributed by atoms with Crippen molar-refractivity contribution in [1.82, 2.24) is 19.7 Å². The second kappa shape index (κ2) is 4.84. The highest BCUT2D eigenvalue weighted by Gasteiger charge is 2.15. The molecular weight excluding hydrogens is 270 g/mol.